The Labute approximate surface area is 165 Å². The average molecular weight is 395 g/mol. The molecule has 2 aromatic carbocycles. The number of fused-ring (bicyclic) bond motifs is 2. The Morgan fingerprint density at radius 2 is 1.89 bits per heavy atom. The minimum absolute atomic E-state index is 0.258. The van der Waals surface area contributed by atoms with Crippen LogP contribution in [0.25, 0.3) is 10.1 Å². The van der Waals surface area contributed by atoms with Crippen LogP contribution in [0.3, 0.4) is 0 Å². The molecule has 3 aromatic rings. The summed E-state index contributed by atoms with van der Waals surface area (Å²) >= 11 is 1.38. The number of ketones is 1. The number of nitrogens with one attached hydrogen (secondary N) is 1. The van der Waals surface area contributed by atoms with Gasteiger partial charge in [0, 0.05) is 4.70 Å². The second kappa shape index (κ2) is 7.44. The summed E-state index contributed by atoms with van der Waals surface area (Å²) < 4.78 is 11.7. The highest BCUT2D eigenvalue weighted by molar-refractivity contribution is 7.21. The Kier molecular flexibility index (Phi) is 4.83. The fraction of sp³-hybridized carbons (Fsp3) is 0.190. The number of ether oxygens (including phenoxy) is 2. The van der Waals surface area contributed by atoms with Crippen LogP contribution in [-0.2, 0) is 14.3 Å². The van der Waals surface area contributed by atoms with E-state index in [0.29, 0.717) is 16.3 Å². The van der Waals surface area contributed by atoms with Crippen LogP contribution in [0.15, 0.2) is 48.5 Å². The number of amides is 1. The van der Waals surface area contributed by atoms with Gasteiger partial charge in [0.1, 0.15) is 5.75 Å². The van der Waals surface area contributed by atoms with Crippen molar-refractivity contribution in [1.29, 1.82) is 0 Å². The van der Waals surface area contributed by atoms with Gasteiger partial charge in [-0.1, -0.05) is 30.3 Å². The number of rotatable bonds is 5. The number of carbonyl (C=O) groups is 3. The maximum absolute atomic E-state index is 12.5. The van der Waals surface area contributed by atoms with E-state index in [1.165, 1.54) is 11.3 Å². The first-order valence-corrected chi connectivity index (χ1v) is 9.58. The zero-order chi connectivity index (χ0) is 19.7. The molecule has 0 saturated carbocycles. The van der Waals surface area contributed by atoms with E-state index >= 15 is 0 Å². The monoisotopic (exact) mass is 395 g/mol. The molecule has 2 heterocycles. The minimum atomic E-state index is -0.983. The molecule has 7 heteroatoms. The first-order chi connectivity index (χ1) is 13.5. The predicted molar refractivity (Wildman–Crippen MR) is 106 cm³/mol. The van der Waals surface area contributed by atoms with Crippen LogP contribution in [0, 0.1) is 6.92 Å². The molecule has 0 bridgehead atoms. The van der Waals surface area contributed by atoms with Gasteiger partial charge in [-0.05, 0) is 36.1 Å². The molecule has 142 valence electrons. The van der Waals surface area contributed by atoms with E-state index in [1.807, 2.05) is 31.2 Å². The van der Waals surface area contributed by atoms with E-state index in [9.17, 15) is 14.4 Å². The number of anilines is 1. The summed E-state index contributed by atoms with van der Waals surface area (Å²) in [6.07, 6.45) is -1.25. The molecule has 1 aliphatic rings. The van der Waals surface area contributed by atoms with Crippen LogP contribution in [0.2, 0.25) is 0 Å². The molecule has 1 aromatic heterocycles. The minimum Gasteiger partial charge on any atom is -0.478 e. The van der Waals surface area contributed by atoms with Crippen LogP contribution in [0.1, 0.15) is 21.7 Å². The molecule has 1 N–H and O–H groups in total. The van der Waals surface area contributed by atoms with Crippen LogP contribution in [0.5, 0.6) is 5.75 Å². The van der Waals surface area contributed by atoms with Crippen molar-refractivity contribution in [1.82, 2.24) is 0 Å². The van der Waals surface area contributed by atoms with Gasteiger partial charge in [-0.3, -0.25) is 14.4 Å². The largest absolute Gasteiger partial charge is 0.478 e. The Bertz CT molecular complexity index is 1090. The molecule has 0 saturated heterocycles. The number of benzene rings is 2. The number of hydrogen-bond acceptors (Lipinski definition) is 6. The molecule has 0 unspecified atom stereocenters. The number of esters is 1. The highest BCUT2D eigenvalue weighted by Gasteiger charge is 2.30. The van der Waals surface area contributed by atoms with Gasteiger partial charge < -0.3 is 14.8 Å². The van der Waals surface area contributed by atoms with E-state index in [0.717, 1.165) is 15.6 Å². The number of Topliss-reactive ketones (excluding diaryl/α,β-unsaturated/α-hetero) is 1. The zero-order valence-electron chi connectivity index (χ0n) is 15.1. The lowest BCUT2D eigenvalue weighted by atomic mass is 10.1. The fourth-order valence-corrected chi connectivity index (χ4v) is 4.22. The summed E-state index contributed by atoms with van der Waals surface area (Å²) in [5.74, 6) is -0.836. The van der Waals surface area contributed by atoms with Crippen LogP contribution in [0.4, 0.5) is 5.69 Å². The number of carbonyl (C=O) groups excluding carboxylic acids is 3. The molecular weight excluding hydrogens is 378 g/mol. The van der Waals surface area contributed by atoms with E-state index in [-0.39, 0.29) is 18.8 Å². The van der Waals surface area contributed by atoms with E-state index < -0.39 is 18.0 Å². The van der Waals surface area contributed by atoms with Crippen molar-refractivity contribution in [3.63, 3.8) is 0 Å². The summed E-state index contributed by atoms with van der Waals surface area (Å²) in [6, 6.07) is 14.7. The summed E-state index contributed by atoms with van der Waals surface area (Å²) in [7, 11) is 0. The van der Waals surface area contributed by atoms with Gasteiger partial charge in [0.25, 0.3) is 5.91 Å². The summed E-state index contributed by atoms with van der Waals surface area (Å²) in [4.78, 5) is 37.3. The number of para-hydroxylation sites is 2. The standard InChI is InChI=1S/C21H17NO5S/c1-12-13-6-2-5-9-18(13)28-20(12)15(23)11-26-19(24)10-17-21(25)22-14-7-3-4-8-16(14)27-17/h2-9,17H,10-11H2,1H3,(H,22,25)/t17-/m0/s1. The summed E-state index contributed by atoms with van der Waals surface area (Å²) in [6.45, 7) is 1.52. The predicted octanol–water partition coefficient (Wildman–Crippen LogP) is 3.73. The molecule has 1 atom stereocenters. The van der Waals surface area contributed by atoms with Crippen molar-refractivity contribution in [3.8, 4) is 5.75 Å². The third-order valence-electron chi connectivity index (χ3n) is 4.52. The topological polar surface area (TPSA) is 81.7 Å². The molecule has 0 aliphatic carbocycles. The molecule has 0 fully saturated rings. The molecule has 4 rings (SSSR count). The Morgan fingerprint density at radius 3 is 2.71 bits per heavy atom. The Morgan fingerprint density at radius 1 is 1.14 bits per heavy atom. The van der Waals surface area contributed by atoms with Gasteiger partial charge in [-0.15, -0.1) is 11.3 Å². The van der Waals surface area contributed by atoms with Crippen molar-refractivity contribution in [2.45, 2.75) is 19.4 Å². The quantitative estimate of drug-likeness (QED) is 0.526. The van der Waals surface area contributed by atoms with Crippen molar-refractivity contribution >= 4 is 44.8 Å². The van der Waals surface area contributed by atoms with E-state index in [4.69, 9.17) is 9.47 Å². The molecule has 6 nitrogen and oxygen atoms in total. The fourth-order valence-electron chi connectivity index (χ4n) is 3.09. The maximum atomic E-state index is 12.5. The van der Waals surface area contributed by atoms with Gasteiger partial charge in [-0.25, -0.2) is 0 Å². The molecular formula is C21H17NO5S. The maximum Gasteiger partial charge on any atom is 0.310 e. The van der Waals surface area contributed by atoms with Crippen LogP contribution >= 0.6 is 11.3 Å². The van der Waals surface area contributed by atoms with Gasteiger partial charge in [-0.2, -0.15) is 0 Å². The average Bonchev–Trinajstić information content (AvgIpc) is 3.04. The molecule has 28 heavy (non-hydrogen) atoms. The third kappa shape index (κ3) is 3.48. The highest BCUT2D eigenvalue weighted by atomic mass is 32.1. The molecule has 0 spiro atoms. The summed E-state index contributed by atoms with van der Waals surface area (Å²) in [5, 5.41) is 3.71. The number of aryl methyl sites for hydroxylation is 1. The van der Waals surface area contributed by atoms with Crippen LogP contribution < -0.4 is 10.1 Å². The van der Waals surface area contributed by atoms with Crippen molar-refractivity contribution < 1.29 is 23.9 Å². The van der Waals surface area contributed by atoms with Crippen molar-refractivity contribution in [2.75, 3.05) is 11.9 Å². The Hall–Kier alpha value is -3.19. The van der Waals surface area contributed by atoms with Crippen LogP contribution in [-0.4, -0.2) is 30.4 Å². The van der Waals surface area contributed by atoms with E-state index in [1.54, 1.807) is 24.3 Å². The van der Waals surface area contributed by atoms with Gasteiger partial charge in [0.15, 0.2) is 12.7 Å². The SMILES string of the molecule is Cc1c(C(=O)COC(=O)C[C@@H]2Oc3ccccc3NC2=O)sc2ccccc12. The lowest BCUT2D eigenvalue weighted by Gasteiger charge is -2.25. The first kappa shape index (κ1) is 18.2. The normalized spacial score (nSPS) is 15.5. The number of hydrogen-bond donors (Lipinski definition) is 1. The van der Waals surface area contributed by atoms with Gasteiger partial charge >= 0.3 is 5.97 Å². The smallest absolute Gasteiger partial charge is 0.310 e. The lowest BCUT2D eigenvalue weighted by Crippen LogP contribution is -2.39. The first-order valence-electron chi connectivity index (χ1n) is 8.76. The lowest BCUT2D eigenvalue weighted by molar-refractivity contribution is -0.146. The second-order valence-electron chi connectivity index (χ2n) is 6.43. The summed E-state index contributed by atoms with van der Waals surface area (Å²) in [5.41, 5.74) is 1.45. The highest BCUT2D eigenvalue weighted by Crippen LogP contribution is 2.31. The number of thiophene rings is 1. The molecule has 1 amide bonds. The molecule has 0 radical (unpaired) electrons. The third-order valence-corrected chi connectivity index (χ3v) is 5.83. The van der Waals surface area contributed by atoms with Gasteiger partial charge in [0.2, 0.25) is 5.78 Å². The van der Waals surface area contributed by atoms with Gasteiger partial charge in [0.05, 0.1) is 17.0 Å². The van der Waals surface area contributed by atoms with E-state index in [2.05, 4.69) is 5.32 Å². The van der Waals surface area contributed by atoms with Crippen molar-refractivity contribution in [3.05, 3.63) is 59.0 Å². The van der Waals surface area contributed by atoms with Crippen molar-refractivity contribution in [2.24, 2.45) is 0 Å². The Balaban J connectivity index is 1.37. The second-order valence-corrected chi connectivity index (χ2v) is 7.48. The zero-order valence-corrected chi connectivity index (χ0v) is 15.9. The molecule has 1 aliphatic heterocycles.